The van der Waals surface area contributed by atoms with Crippen molar-refractivity contribution < 1.29 is 4.79 Å². The van der Waals surface area contributed by atoms with Crippen molar-refractivity contribution in [3.8, 4) is 0 Å². The SMILES string of the molecule is O=C(CSc1ccc(Br)cc1)NCCCNc1ccccc1. The summed E-state index contributed by atoms with van der Waals surface area (Å²) >= 11 is 4.95. The smallest absolute Gasteiger partial charge is 0.230 e. The second-order valence-electron chi connectivity index (χ2n) is 4.74. The zero-order valence-corrected chi connectivity index (χ0v) is 14.6. The van der Waals surface area contributed by atoms with E-state index in [2.05, 4.69) is 26.6 Å². The summed E-state index contributed by atoms with van der Waals surface area (Å²) in [5, 5.41) is 6.26. The summed E-state index contributed by atoms with van der Waals surface area (Å²) in [5.41, 5.74) is 1.11. The van der Waals surface area contributed by atoms with Crippen LogP contribution in [0.5, 0.6) is 0 Å². The molecular formula is C17H19BrN2OS. The van der Waals surface area contributed by atoms with Gasteiger partial charge in [-0.3, -0.25) is 4.79 Å². The minimum absolute atomic E-state index is 0.0765. The lowest BCUT2D eigenvalue weighted by molar-refractivity contribution is -0.118. The van der Waals surface area contributed by atoms with Crippen molar-refractivity contribution in [2.24, 2.45) is 0 Å². The van der Waals surface area contributed by atoms with E-state index in [1.807, 2.05) is 54.6 Å². The van der Waals surface area contributed by atoms with E-state index in [0.29, 0.717) is 12.3 Å². The number of benzene rings is 2. The normalized spacial score (nSPS) is 10.2. The molecule has 5 heteroatoms. The van der Waals surface area contributed by atoms with E-state index in [-0.39, 0.29) is 5.91 Å². The molecule has 2 N–H and O–H groups in total. The molecule has 0 aliphatic carbocycles. The first-order chi connectivity index (χ1) is 10.7. The van der Waals surface area contributed by atoms with Crippen LogP contribution in [-0.2, 0) is 4.79 Å². The summed E-state index contributed by atoms with van der Waals surface area (Å²) in [6, 6.07) is 18.0. The summed E-state index contributed by atoms with van der Waals surface area (Å²) in [6.45, 7) is 1.55. The van der Waals surface area contributed by atoms with Gasteiger partial charge in [-0.25, -0.2) is 0 Å². The zero-order chi connectivity index (χ0) is 15.6. The average Bonchev–Trinajstić information content (AvgIpc) is 2.55. The Morgan fingerprint density at radius 2 is 1.73 bits per heavy atom. The summed E-state index contributed by atoms with van der Waals surface area (Å²) in [4.78, 5) is 12.9. The van der Waals surface area contributed by atoms with Gasteiger partial charge < -0.3 is 10.6 Å². The summed E-state index contributed by atoms with van der Waals surface area (Å²) < 4.78 is 1.05. The first kappa shape index (κ1) is 16.9. The molecule has 0 heterocycles. The Kier molecular flexibility index (Phi) is 7.33. The highest BCUT2D eigenvalue weighted by molar-refractivity contribution is 9.10. The molecule has 0 atom stereocenters. The fraction of sp³-hybridized carbons (Fsp3) is 0.235. The van der Waals surface area contributed by atoms with Crippen LogP contribution in [0.2, 0.25) is 0 Å². The third-order valence-electron chi connectivity index (χ3n) is 2.96. The van der Waals surface area contributed by atoms with Crippen molar-refractivity contribution in [3.05, 3.63) is 59.1 Å². The van der Waals surface area contributed by atoms with Gasteiger partial charge in [0.05, 0.1) is 5.75 Å². The van der Waals surface area contributed by atoms with Gasteiger partial charge in [-0.05, 0) is 42.8 Å². The summed E-state index contributed by atoms with van der Waals surface area (Å²) in [6.07, 6.45) is 0.906. The molecule has 0 saturated heterocycles. The molecule has 3 nitrogen and oxygen atoms in total. The number of halogens is 1. The zero-order valence-electron chi connectivity index (χ0n) is 12.2. The van der Waals surface area contributed by atoms with E-state index in [1.54, 1.807) is 11.8 Å². The molecule has 116 valence electrons. The number of carbonyl (C=O) groups is 1. The number of rotatable bonds is 8. The average molecular weight is 379 g/mol. The molecule has 0 unspecified atom stereocenters. The minimum atomic E-state index is 0.0765. The molecule has 0 spiro atoms. The van der Waals surface area contributed by atoms with Crippen molar-refractivity contribution in [2.75, 3.05) is 24.2 Å². The van der Waals surface area contributed by atoms with Crippen LogP contribution < -0.4 is 10.6 Å². The first-order valence-corrected chi connectivity index (χ1v) is 8.96. The van der Waals surface area contributed by atoms with Gasteiger partial charge in [0, 0.05) is 28.1 Å². The van der Waals surface area contributed by atoms with Crippen LogP contribution in [0.25, 0.3) is 0 Å². The van der Waals surface area contributed by atoms with E-state index in [0.717, 1.165) is 28.0 Å². The van der Waals surface area contributed by atoms with Crippen molar-refractivity contribution in [2.45, 2.75) is 11.3 Å². The summed E-state index contributed by atoms with van der Waals surface area (Å²) in [5.74, 6) is 0.529. The van der Waals surface area contributed by atoms with Gasteiger partial charge in [-0.1, -0.05) is 34.1 Å². The van der Waals surface area contributed by atoms with E-state index in [4.69, 9.17) is 0 Å². The van der Waals surface area contributed by atoms with Crippen LogP contribution in [0, 0.1) is 0 Å². The minimum Gasteiger partial charge on any atom is -0.385 e. The quantitative estimate of drug-likeness (QED) is 0.535. The number of hydrogen-bond donors (Lipinski definition) is 2. The predicted octanol–water partition coefficient (Wildman–Crippen LogP) is 4.16. The van der Waals surface area contributed by atoms with Gasteiger partial charge in [-0.15, -0.1) is 11.8 Å². The Bertz CT molecular complexity index is 575. The van der Waals surface area contributed by atoms with E-state index >= 15 is 0 Å². The highest BCUT2D eigenvalue weighted by Gasteiger charge is 2.02. The number of para-hydroxylation sites is 1. The molecule has 0 bridgehead atoms. The molecule has 22 heavy (non-hydrogen) atoms. The Morgan fingerprint density at radius 3 is 2.45 bits per heavy atom. The molecule has 0 fully saturated rings. The van der Waals surface area contributed by atoms with Crippen LogP contribution in [0.3, 0.4) is 0 Å². The Labute approximate surface area is 144 Å². The van der Waals surface area contributed by atoms with Crippen LogP contribution in [-0.4, -0.2) is 24.7 Å². The highest BCUT2D eigenvalue weighted by atomic mass is 79.9. The van der Waals surface area contributed by atoms with E-state index in [1.165, 1.54) is 0 Å². The monoisotopic (exact) mass is 378 g/mol. The van der Waals surface area contributed by atoms with Gasteiger partial charge in [-0.2, -0.15) is 0 Å². The number of hydrogen-bond acceptors (Lipinski definition) is 3. The lowest BCUT2D eigenvalue weighted by atomic mass is 10.3. The molecule has 2 aromatic rings. The predicted molar refractivity (Wildman–Crippen MR) is 97.4 cm³/mol. The maximum absolute atomic E-state index is 11.8. The number of amides is 1. The largest absolute Gasteiger partial charge is 0.385 e. The van der Waals surface area contributed by atoms with Crippen molar-refractivity contribution in [1.82, 2.24) is 5.32 Å². The number of anilines is 1. The van der Waals surface area contributed by atoms with Crippen LogP contribution in [0.1, 0.15) is 6.42 Å². The molecule has 0 aliphatic rings. The summed E-state index contributed by atoms with van der Waals surface area (Å²) in [7, 11) is 0. The standard InChI is InChI=1S/C17H19BrN2OS/c18-14-7-9-16(10-8-14)22-13-17(21)20-12-4-11-19-15-5-2-1-3-6-15/h1-3,5-10,19H,4,11-13H2,(H,20,21). The van der Waals surface area contributed by atoms with Crippen LogP contribution in [0.4, 0.5) is 5.69 Å². The van der Waals surface area contributed by atoms with Gasteiger partial charge in [0.25, 0.3) is 0 Å². The third kappa shape index (κ3) is 6.54. The van der Waals surface area contributed by atoms with Gasteiger partial charge >= 0.3 is 0 Å². The van der Waals surface area contributed by atoms with Crippen LogP contribution in [0.15, 0.2) is 64.0 Å². The van der Waals surface area contributed by atoms with Gasteiger partial charge in [0.1, 0.15) is 0 Å². The van der Waals surface area contributed by atoms with Crippen molar-refractivity contribution in [3.63, 3.8) is 0 Å². The maximum atomic E-state index is 11.8. The van der Waals surface area contributed by atoms with E-state index < -0.39 is 0 Å². The maximum Gasteiger partial charge on any atom is 0.230 e. The highest BCUT2D eigenvalue weighted by Crippen LogP contribution is 2.20. The molecule has 0 aromatic heterocycles. The third-order valence-corrected chi connectivity index (χ3v) is 4.50. The molecule has 1 amide bonds. The van der Waals surface area contributed by atoms with Crippen molar-refractivity contribution in [1.29, 1.82) is 0 Å². The molecule has 0 saturated carbocycles. The Morgan fingerprint density at radius 1 is 1.00 bits per heavy atom. The topological polar surface area (TPSA) is 41.1 Å². The van der Waals surface area contributed by atoms with Crippen LogP contribution >= 0.6 is 27.7 Å². The molecule has 0 radical (unpaired) electrons. The molecule has 2 aromatic carbocycles. The fourth-order valence-electron chi connectivity index (χ4n) is 1.84. The number of nitrogens with one attached hydrogen (secondary N) is 2. The second-order valence-corrected chi connectivity index (χ2v) is 6.70. The second kappa shape index (κ2) is 9.54. The lowest BCUT2D eigenvalue weighted by Gasteiger charge is -2.07. The fourth-order valence-corrected chi connectivity index (χ4v) is 2.83. The van der Waals surface area contributed by atoms with E-state index in [9.17, 15) is 4.79 Å². The number of thioether (sulfide) groups is 1. The van der Waals surface area contributed by atoms with Gasteiger partial charge in [0.15, 0.2) is 0 Å². The number of carbonyl (C=O) groups excluding carboxylic acids is 1. The molecule has 2 rings (SSSR count). The lowest BCUT2D eigenvalue weighted by Crippen LogP contribution is -2.27. The van der Waals surface area contributed by atoms with Crippen molar-refractivity contribution >= 4 is 39.3 Å². The molecule has 0 aliphatic heterocycles. The molecular weight excluding hydrogens is 360 g/mol. The first-order valence-electron chi connectivity index (χ1n) is 7.18. The van der Waals surface area contributed by atoms with Gasteiger partial charge in [0.2, 0.25) is 5.91 Å². The Hall–Kier alpha value is -1.46. The Balaban J connectivity index is 1.55.